The molecule has 22 rings (SSSR count). The van der Waals surface area contributed by atoms with Crippen LogP contribution in [0, 0.1) is 10.8 Å². The molecule has 0 bridgehead atoms. The number of allylic oxidation sites excluding steroid dienone is 8. The van der Waals surface area contributed by atoms with Gasteiger partial charge in [0.1, 0.15) is 0 Å². The van der Waals surface area contributed by atoms with Gasteiger partial charge in [-0.05, 0) is 266 Å². The standard InChI is InChI=1S/2C49H32/c2*1-49(2)24-23-36(33-12-8-11-32(25-33)35-21-19-31-18-17-29-9-7-10-30-20-22-41(35)47(31)46(29)30)45-27-34-26-43-39-15-5-3-13-37(39)38-14-4-6-16-40(38)44(43)28-42(34)48(45)49/h2*3-28H,1-2H3. The molecule has 0 nitrogen and oxygen atoms in total. The van der Waals surface area contributed by atoms with Crippen LogP contribution < -0.4 is 20.9 Å². The summed E-state index contributed by atoms with van der Waals surface area (Å²) in [6.07, 6.45) is 14.5. The molecule has 0 saturated carbocycles. The summed E-state index contributed by atoms with van der Waals surface area (Å²) in [6, 6.07) is 105. The van der Waals surface area contributed by atoms with Crippen LogP contribution in [-0.2, 0) is 0 Å². The molecule has 0 N–H and O–H groups in total. The predicted molar refractivity (Wildman–Crippen MR) is 423 cm³/mol. The van der Waals surface area contributed by atoms with Crippen molar-refractivity contribution in [2.45, 2.75) is 27.7 Å². The average molecular weight is 1240 g/mol. The van der Waals surface area contributed by atoms with Crippen LogP contribution in [0.25, 0.3) is 186 Å². The van der Waals surface area contributed by atoms with Crippen molar-refractivity contribution in [3.05, 3.63) is 347 Å². The lowest BCUT2D eigenvalue weighted by Gasteiger charge is -2.30. The van der Waals surface area contributed by atoms with E-state index in [-0.39, 0.29) is 10.8 Å². The lowest BCUT2D eigenvalue weighted by Crippen LogP contribution is -2.28. The van der Waals surface area contributed by atoms with Crippen LogP contribution >= 0.6 is 0 Å². The fourth-order valence-electron chi connectivity index (χ4n) is 18.3. The quantitative estimate of drug-likeness (QED) is 0.154. The summed E-state index contributed by atoms with van der Waals surface area (Å²) >= 11 is 0. The van der Waals surface area contributed by atoms with Crippen molar-refractivity contribution in [1.29, 1.82) is 0 Å². The summed E-state index contributed by atoms with van der Waals surface area (Å²) in [4.78, 5) is 0. The minimum Gasteiger partial charge on any atom is -0.0738 e. The highest BCUT2D eigenvalue weighted by atomic mass is 14.4. The number of benzene rings is 18. The summed E-state index contributed by atoms with van der Waals surface area (Å²) in [5.41, 5.74) is 15.5. The Labute approximate surface area is 567 Å². The van der Waals surface area contributed by atoms with Gasteiger partial charge in [0.05, 0.1) is 0 Å². The number of rotatable bonds is 4. The molecule has 0 amide bonds. The molecule has 0 saturated heterocycles. The summed E-state index contributed by atoms with van der Waals surface area (Å²) in [5, 5.41) is 37.1. The van der Waals surface area contributed by atoms with Gasteiger partial charge in [0.25, 0.3) is 0 Å². The Kier molecular flexibility index (Phi) is 11.5. The molecule has 0 fully saturated rings. The van der Waals surface area contributed by atoms with E-state index in [1.54, 1.807) is 0 Å². The second-order valence-electron chi connectivity index (χ2n) is 29.1. The highest BCUT2D eigenvalue weighted by Gasteiger charge is 2.34. The van der Waals surface area contributed by atoms with E-state index in [4.69, 9.17) is 0 Å². The van der Waals surface area contributed by atoms with E-state index in [1.807, 2.05) is 0 Å². The Hall–Kier alpha value is -12.0. The smallest absolute Gasteiger partial charge is 0.00909 e. The Morgan fingerprint density at radius 3 is 0.878 bits per heavy atom. The molecule has 0 aromatic heterocycles. The average Bonchev–Trinajstić information content (AvgIpc) is 1.38. The van der Waals surface area contributed by atoms with Gasteiger partial charge in [-0.3, -0.25) is 0 Å². The summed E-state index contributed by atoms with van der Waals surface area (Å²) in [5.74, 6) is 0. The van der Waals surface area contributed by atoms with Crippen molar-refractivity contribution in [2.75, 3.05) is 0 Å². The molecule has 0 unspecified atom stereocenters. The Morgan fingerprint density at radius 1 is 0.214 bits per heavy atom. The largest absolute Gasteiger partial charge is 0.0738 e. The van der Waals surface area contributed by atoms with Crippen LogP contribution in [0.3, 0.4) is 0 Å². The summed E-state index contributed by atoms with van der Waals surface area (Å²) in [6.45, 7) is 9.45. The van der Waals surface area contributed by atoms with Gasteiger partial charge in [-0.1, -0.05) is 295 Å². The van der Waals surface area contributed by atoms with Crippen LogP contribution in [0.1, 0.15) is 38.8 Å². The predicted octanol–water partition coefficient (Wildman–Crippen LogP) is 23.4. The van der Waals surface area contributed by atoms with Crippen molar-refractivity contribution >= 4 is 164 Å². The molecule has 456 valence electrons. The lowest BCUT2D eigenvalue weighted by molar-refractivity contribution is 0.645. The van der Waals surface area contributed by atoms with E-state index in [2.05, 4.69) is 343 Å². The van der Waals surface area contributed by atoms with Gasteiger partial charge in [0.2, 0.25) is 0 Å². The van der Waals surface area contributed by atoms with Crippen molar-refractivity contribution in [3.8, 4) is 22.3 Å². The molecular weight excluding hydrogens is 1180 g/mol. The first-order valence-electron chi connectivity index (χ1n) is 34.7. The zero-order chi connectivity index (χ0) is 64.9. The van der Waals surface area contributed by atoms with Gasteiger partial charge in [-0.25, -0.2) is 0 Å². The number of hydrogen-bond donors (Lipinski definition) is 0. The molecule has 0 spiro atoms. The fraction of sp³-hybridized carbons (Fsp3) is 0.0612. The second kappa shape index (κ2) is 20.3. The van der Waals surface area contributed by atoms with Crippen molar-refractivity contribution < 1.29 is 0 Å². The molecule has 18 aromatic carbocycles. The van der Waals surface area contributed by atoms with Crippen molar-refractivity contribution in [2.24, 2.45) is 10.8 Å². The molecule has 0 heteroatoms. The zero-order valence-corrected chi connectivity index (χ0v) is 55.0. The molecule has 0 atom stereocenters. The van der Waals surface area contributed by atoms with E-state index >= 15 is 0 Å². The van der Waals surface area contributed by atoms with E-state index in [9.17, 15) is 0 Å². The van der Waals surface area contributed by atoms with Crippen LogP contribution in [0.5, 0.6) is 0 Å². The Bertz CT molecular complexity index is 6610. The third kappa shape index (κ3) is 7.95. The van der Waals surface area contributed by atoms with Gasteiger partial charge < -0.3 is 0 Å². The first-order chi connectivity index (χ1) is 48.1. The zero-order valence-electron chi connectivity index (χ0n) is 55.0. The third-order valence-corrected chi connectivity index (χ3v) is 22.7. The molecule has 0 radical (unpaired) electrons. The number of fused-ring (bicyclic) bond motifs is 16. The van der Waals surface area contributed by atoms with Crippen LogP contribution in [0.2, 0.25) is 0 Å². The molecular formula is C98H64. The molecule has 4 aliphatic carbocycles. The molecule has 98 heavy (non-hydrogen) atoms. The van der Waals surface area contributed by atoms with E-state index in [0.29, 0.717) is 0 Å². The lowest BCUT2D eigenvalue weighted by atomic mass is 9.74. The van der Waals surface area contributed by atoms with Gasteiger partial charge >= 0.3 is 0 Å². The van der Waals surface area contributed by atoms with Crippen LogP contribution in [0.4, 0.5) is 0 Å². The Balaban J connectivity index is 0.000000129. The second-order valence-corrected chi connectivity index (χ2v) is 29.1. The van der Waals surface area contributed by atoms with E-state index in [1.165, 1.54) is 217 Å². The fourth-order valence-corrected chi connectivity index (χ4v) is 18.3. The molecule has 0 aliphatic heterocycles. The van der Waals surface area contributed by atoms with Gasteiger partial charge in [0.15, 0.2) is 0 Å². The normalized spacial score (nSPS) is 15.3. The first-order valence-corrected chi connectivity index (χ1v) is 34.7. The monoisotopic (exact) mass is 1240 g/mol. The van der Waals surface area contributed by atoms with Crippen LogP contribution in [0.15, 0.2) is 315 Å². The molecule has 0 heterocycles. The maximum absolute atomic E-state index is 2.48. The van der Waals surface area contributed by atoms with Gasteiger partial charge in [-0.15, -0.1) is 0 Å². The third-order valence-electron chi connectivity index (χ3n) is 22.7. The van der Waals surface area contributed by atoms with Crippen LogP contribution in [-0.4, -0.2) is 0 Å². The Morgan fingerprint density at radius 2 is 0.510 bits per heavy atom. The van der Waals surface area contributed by atoms with Crippen molar-refractivity contribution in [1.82, 2.24) is 0 Å². The maximum atomic E-state index is 2.48. The highest BCUT2D eigenvalue weighted by molar-refractivity contribution is 6.29. The van der Waals surface area contributed by atoms with Gasteiger partial charge in [0, 0.05) is 10.8 Å². The topological polar surface area (TPSA) is 0 Å². The molecule has 18 aromatic rings. The first kappa shape index (κ1) is 55.3. The molecule has 4 aliphatic rings. The highest BCUT2D eigenvalue weighted by Crippen LogP contribution is 2.49. The van der Waals surface area contributed by atoms with E-state index in [0.717, 1.165) is 0 Å². The van der Waals surface area contributed by atoms with Crippen molar-refractivity contribution in [3.63, 3.8) is 0 Å². The van der Waals surface area contributed by atoms with Gasteiger partial charge in [-0.2, -0.15) is 0 Å². The SMILES string of the molecule is CC1(C)C=CC(c2cccc(-c3ccc4ccc5cccc6ccc3c4c56)c2)=C2C=c3cc4c5ccccc5c5ccccc5c4cc3=C21.CC1(C)C=CC(c2cccc(-c3ccc4ccc5cccc6ccc3c4c56)c2)=C2C=c3cc4c5ccccc5c5ccccc5c4cc3=C21. The minimum atomic E-state index is -0.0927. The van der Waals surface area contributed by atoms with E-state index < -0.39 is 0 Å². The minimum absolute atomic E-state index is 0.0927. The number of hydrogen-bond acceptors (Lipinski definition) is 0. The maximum Gasteiger partial charge on any atom is 0.00909 e. The summed E-state index contributed by atoms with van der Waals surface area (Å²) < 4.78 is 0. The summed E-state index contributed by atoms with van der Waals surface area (Å²) in [7, 11) is 0.